The van der Waals surface area contributed by atoms with E-state index in [0.29, 0.717) is 43.2 Å². The molecule has 1 amide bonds. The first-order valence-electron chi connectivity index (χ1n) is 15.7. The minimum atomic E-state index is -0.930. The van der Waals surface area contributed by atoms with Crippen molar-refractivity contribution in [1.82, 2.24) is 9.80 Å². The molecule has 0 radical (unpaired) electrons. The minimum absolute atomic E-state index is 0.0148. The summed E-state index contributed by atoms with van der Waals surface area (Å²) in [5.74, 6) is 1.26. The number of β-amino-alcohol motifs (C(OH)–C–C–N with tert-alkyl or cyclic N) is 1. The Morgan fingerprint density at radius 3 is 2.52 bits per heavy atom. The Balaban J connectivity index is 1.36. The van der Waals surface area contributed by atoms with E-state index in [0.717, 1.165) is 48.2 Å². The highest BCUT2D eigenvalue weighted by Crippen LogP contribution is 2.53. The first-order valence-corrected chi connectivity index (χ1v) is 15.7. The molecule has 2 aliphatic carbocycles. The molecule has 1 heterocycles. The van der Waals surface area contributed by atoms with Gasteiger partial charge in [0.15, 0.2) is 0 Å². The Kier molecular flexibility index (Phi) is 7.88. The molecule has 0 bridgehead atoms. The molecule has 42 heavy (non-hydrogen) atoms. The number of amides is 1. The molecule has 2 saturated carbocycles. The second-order valence-corrected chi connectivity index (χ2v) is 13.5. The molecule has 222 valence electrons. The Hall–Kier alpha value is -3.22. The van der Waals surface area contributed by atoms with E-state index in [4.69, 9.17) is 4.74 Å². The molecule has 0 spiro atoms. The number of benzene rings is 3. The molecule has 3 aliphatic rings. The highest BCUT2D eigenvalue weighted by Gasteiger charge is 2.58. The number of nitrogens with zero attached hydrogens (tertiary/aromatic N) is 2. The predicted octanol–water partition coefficient (Wildman–Crippen LogP) is 6.20. The van der Waals surface area contributed by atoms with Gasteiger partial charge in [0.25, 0.3) is 5.91 Å². The third-order valence-electron chi connectivity index (χ3n) is 9.83. The van der Waals surface area contributed by atoms with Crippen LogP contribution in [0.15, 0.2) is 66.7 Å². The maximum Gasteiger partial charge on any atom is 0.308 e. The van der Waals surface area contributed by atoms with E-state index >= 15 is 0 Å². The zero-order chi connectivity index (χ0) is 29.5. The third kappa shape index (κ3) is 5.71. The molecule has 6 heteroatoms. The predicted molar refractivity (Wildman–Crippen MR) is 166 cm³/mol. The number of piperidine rings is 1. The van der Waals surface area contributed by atoms with Crippen molar-refractivity contribution in [1.29, 1.82) is 0 Å². The molecule has 1 saturated heterocycles. The summed E-state index contributed by atoms with van der Waals surface area (Å²) < 4.78 is 5.50. The van der Waals surface area contributed by atoms with Crippen molar-refractivity contribution in [3.05, 3.63) is 77.9 Å². The van der Waals surface area contributed by atoms with Crippen LogP contribution in [0.3, 0.4) is 0 Å². The lowest BCUT2D eigenvalue weighted by molar-refractivity contribution is -0.134. The standard InChI is InChI=1S/C36H44N2O4/c1-25(2)22-38(34(40)30-14-13-28-7-4-5-8-29(28)19-30)32-15-16-36(41)24-37(23-27-11-12-27)18-17-35(36,21-32)31-9-6-10-33(20-31)42-26(3)39/h4-10,13-14,19-20,25,27,32,41H,11-12,15-18,21-24H2,1-3H3/t32-,35-,36-/m0/s1. The molecule has 0 unspecified atom stereocenters. The summed E-state index contributed by atoms with van der Waals surface area (Å²) in [5.41, 5.74) is 0.231. The van der Waals surface area contributed by atoms with E-state index in [1.165, 1.54) is 19.8 Å². The van der Waals surface area contributed by atoms with Crippen molar-refractivity contribution >= 4 is 22.6 Å². The van der Waals surface area contributed by atoms with Crippen LogP contribution < -0.4 is 4.74 Å². The second-order valence-electron chi connectivity index (χ2n) is 13.5. The maximum atomic E-state index is 14.3. The van der Waals surface area contributed by atoms with Crippen LogP contribution in [0.25, 0.3) is 10.8 Å². The van der Waals surface area contributed by atoms with Crippen LogP contribution in [0.2, 0.25) is 0 Å². The number of hydrogen-bond acceptors (Lipinski definition) is 5. The van der Waals surface area contributed by atoms with Gasteiger partial charge < -0.3 is 19.6 Å². The van der Waals surface area contributed by atoms with Crippen molar-refractivity contribution < 1.29 is 19.4 Å². The van der Waals surface area contributed by atoms with Gasteiger partial charge in [0.05, 0.1) is 5.60 Å². The van der Waals surface area contributed by atoms with Gasteiger partial charge in [-0.1, -0.05) is 56.3 Å². The largest absolute Gasteiger partial charge is 0.427 e. The van der Waals surface area contributed by atoms with Crippen molar-refractivity contribution in [2.45, 2.75) is 76.4 Å². The minimum Gasteiger partial charge on any atom is -0.427 e. The van der Waals surface area contributed by atoms with Gasteiger partial charge in [-0.25, -0.2) is 0 Å². The van der Waals surface area contributed by atoms with Crippen molar-refractivity contribution in [2.24, 2.45) is 11.8 Å². The third-order valence-corrected chi connectivity index (χ3v) is 9.83. The van der Waals surface area contributed by atoms with Crippen LogP contribution in [0, 0.1) is 11.8 Å². The molecule has 3 aromatic carbocycles. The number of hydrogen-bond donors (Lipinski definition) is 1. The van der Waals surface area contributed by atoms with Crippen LogP contribution in [-0.4, -0.2) is 64.6 Å². The first kappa shape index (κ1) is 28.9. The molecule has 6 nitrogen and oxygen atoms in total. The summed E-state index contributed by atoms with van der Waals surface area (Å²) in [7, 11) is 0. The summed E-state index contributed by atoms with van der Waals surface area (Å²) in [6.45, 7) is 8.99. The van der Waals surface area contributed by atoms with E-state index in [1.807, 2.05) is 42.5 Å². The van der Waals surface area contributed by atoms with Crippen LogP contribution in [0.5, 0.6) is 5.75 Å². The Labute approximate surface area is 249 Å². The van der Waals surface area contributed by atoms with Gasteiger partial charge in [-0.3, -0.25) is 9.59 Å². The van der Waals surface area contributed by atoms with E-state index in [1.54, 1.807) is 6.07 Å². The molecule has 3 fully saturated rings. The van der Waals surface area contributed by atoms with Gasteiger partial charge in [-0.2, -0.15) is 0 Å². The second kappa shape index (κ2) is 11.5. The van der Waals surface area contributed by atoms with E-state index < -0.39 is 11.0 Å². The lowest BCUT2D eigenvalue weighted by Gasteiger charge is -2.59. The van der Waals surface area contributed by atoms with Gasteiger partial charge >= 0.3 is 5.97 Å². The van der Waals surface area contributed by atoms with Crippen LogP contribution in [-0.2, 0) is 10.2 Å². The van der Waals surface area contributed by atoms with E-state index in [2.05, 4.69) is 41.8 Å². The maximum absolute atomic E-state index is 14.3. The van der Waals surface area contributed by atoms with Crippen LogP contribution in [0.1, 0.15) is 75.2 Å². The van der Waals surface area contributed by atoms with E-state index in [-0.39, 0.29) is 17.9 Å². The molecule has 1 aliphatic heterocycles. The topological polar surface area (TPSA) is 70.1 Å². The molecule has 6 rings (SSSR count). The fourth-order valence-electron chi connectivity index (χ4n) is 7.62. The summed E-state index contributed by atoms with van der Waals surface area (Å²) in [6, 6.07) is 21.9. The zero-order valence-corrected chi connectivity index (χ0v) is 25.2. The number of fused-ring (bicyclic) bond motifs is 2. The summed E-state index contributed by atoms with van der Waals surface area (Å²) in [4.78, 5) is 30.6. The molecular weight excluding hydrogens is 524 g/mol. The van der Waals surface area contributed by atoms with Gasteiger partial charge in [-0.05, 0) is 97.5 Å². The highest BCUT2D eigenvalue weighted by atomic mass is 16.5. The Morgan fingerprint density at radius 1 is 1.00 bits per heavy atom. The molecule has 3 atom stereocenters. The monoisotopic (exact) mass is 568 g/mol. The fraction of sp³-hybridized carbons (Fsp3) is 0.500. The number of likely N-dealkylation sites (tertiary alicyclic amines) is 1. The first-order chi connectivity index (χ1) is 20.2. The van der Waals surface area contributed by atoms with Crippen molar-refractivity contribution in [2.75, 3.05) is 26.2 Å². The molecule has 1 N–H and O–H groups in total. The smallest absolute Gasteiger partial charge is 0.308 e. The number of esters is 1. The number of rotatable bonds is 8. The van der Waals surface area contributed by atoms with Gasteiger partial charge in [0.2, 0.25) is 0 Å². The van der Waals surface area contributed by atoms with Crippen LogP contribution in [0.4, 0.5) is 0 Å². The average Bonchev–Trinajstić information content (AvgIpc) is 3.78. The average molecular weight is 569 g/mol. The Morgan fingerprint density at radius 2 is 1.79 bits per heavy atom. The summed E-state index contributed by atoms with van der Waals surface area (Å²) >= 11 is 0. The quantitative estimate of drug-likeness (QED) is 0.259. The molecule has 0 aromatic heterocycles. The van der Waals surface area contributed by atoms with Gasteiger partial charge in [0, 0.05) is 43.6 Å². The Bertz CT molecular complexity index is 1470. The normalized spacial score (nSPS) is 26.2. The van der Waals surface area contributed by atoms with Crippen molar-refractivity contribution in [3.8, 4) is 5.75 Å². The number of aliphatic hydroxyl groups is 1. The SMILES string of the molecule is CC(=O)Oc1cccc([C@@]23CCN(CC4CC4)C[C@@]2(O)CC[C@H](N(CC(C)C)C(=O)c2ccc4ccccc4c2)C3)c1. The number of ether oxygens (including phenoxy) is 1. The molecule has 3 aromatic rings. The summed E-state index contributed by atoms with van der Waals surface area (Å²) in [6.07, 6.45) is 5.43. The fourth-order valence-corrected chi connectivity index (χ4v) is 7.62. The summed E-state index contributed by atoms with van der Waals surface area (Å²) in [5, 5.41) is 14.8. The van der Waals surface area contributed by atoms with Gasteiger partial charge in [0.1, 0.15) is 5.75 Å². The lowest BCUT2D eigenvalue weighted by Crippen LogP contribution is -2.67. The highest BCUT2D eigenvalue weighted by molar-refractivity contribution is 5.98. The van der Waals surface area contributed by atoms with Crippen molar-refractivity contribution in [3.63, 3.8) is 0 Å². The van der Waals surface area contributed by atoms with E-state index in [9.17, 15) is 14.7 Å². The number of carbonyl (C=O) groups is 2. The number of carbonyl (C=O) groups excluding carboxylic acids is 2. The lowest BCUT2D eigenvalue weighted by atomic mass is 9.55. The molecular formula is C36H44N2O4. The zero-order valence-electron chi connectivity index (χ0n) is 25.2. The van der Waals surface area contributed by atoms with Gasteiger partial charge in [-0.15, -0.1) is 0 Å². The van der Waals surface area contributed by atoms with Crippen LogP contribution >= 0.6 is 0 Å².